The van der Waals surface area contributed by atoms with Gasteiger partial charge in [0.15, 0.2) is 5.69 Å². The maximum absolute atomic E-state index is 10.9. The van der Waals surface area contributed by atoms with Gasteiger partial charge in [-0.2, -0.15) is 0 Å². The lowest BCUT2D eigenvalue weighted by Crippen LogP contribution is -2.31. The minimum Gasteiger partial charge on any atom is -0.477 e. The lowest BCUT2D eigenvalue weighted by atomic mass is 9.85. The van der Waals surface area contributed by atoms with Gasteiger partial charge in [-0.3, -0.25) is 0 Å². The second kappa shape index (κ2) is 4.69. The van der Waals surface area contributed by atoms with Crippen LogP contribution in [-0.2, 0) is 0 Å². The number of nitrogens with zero attached hydrogens (tertiary/aromatic N) is 3. The Kier molecular flexibility index (Phi) is 3.26. The Hall–Kier alpha value is -1.65. The number of hydrogen-bond donors (Lipinski definition) is 1. The van der Waals surface area contributed by atoms with E-state index in [-0.39, 0.29) is 5.69 Å². The van der Waals surface area contributed by atoms with Crippen molar-refractivity contribution in [1.82, 2.24) is 9.97 Å². The molecule has 0 radical (unpaired) electrons. The number of carboxylic acids is 1. The first-order valence-corrected chi connectivity index (χ1v) is 5.86. The molecule has 1 fully saturated rings. The summed E-state index contributed by atoms with van der Waals surface area (Å²) in [5.74, 6) is 0.209. The summed E-state index contributed by atoms with van der Waals surface area (Å²) in [5.41, 5.74) is 0.751. The normalized spacial score (nSPS) is 15.4. The van der Waals surface area contributed by atoms with Crippen LogP contribution in [-0.4, -0.2) is 34.6 Å². The van der Waals surface area contributed by atoms with Crippen molar-refractivity contribution in [3.05, 3.63) is 17.5 Å². The Morgan fingerprint density at radius 1 is 1.53 bits per heavy atom. The molecule has 5 heteroatoms. The summed E-state index contributed by atoms with van der Waals surface area (Å²) in [6.07, 6.45) is 3.80. The zero-order chi connectivity index (χ0) is 12.4. The van der Waals surface area contributed by atoms with Crippen LogP contribution in [0.5, 0.6) is 0 Å². The molecule has 0 atom stereocenters. The van der Waals surface area contributed by atoms with Crippen LogP contribution >= 0.6 is 0 Å². The molecule has 5 nitrogen and oxygen atoms in total. The molecule has 0 amide bonds. The molecule has 0 aromatic carbocycles. The average molecular weight is 235 g/mol. The highest BCUT2D eigenvalue weighted by Crippen LogP contribution is 2.27. The predicted molar refractivity (Wildman–Crippen MR) is 64.3 cm³/mol. The second-order valence-corrected chi connectivity index (χ2v) is 4.68. The maximum atomic E-state index is 10.9. The van der Waals surface area contributed by atoms with Gasteiger partial charge in [0.1, 0.15) is 0 Å². The van der Waals surface area contributed by atoms with Crippen LogP contribution in [0.4, 0.5) is 5.95 Å². The Balaban J connectivity index is 2.15. The van der Waals surface area contributed by atoms with Crippen LogP contribution in [0.25, 0.3) is 0 Å². The van der Waals surface area contributed by atoms with E-state index in [0.717, 1.165) is 6.54 Å². The molecule has 0 unspecified atom stereocenters. The monoisotopic (exact) mass is 235 g/mol. The molecule has 1 aromatic rings. The summed E-state index contributed by atoms with van der Waals surface area (Å²) in [6, 6.07) is 1.49. The van der Waals surface area contributed by atoms with E-state index >= 15 is 0 Å². The summed E-state index contributed by atoms with van der Waals surface area (Å²) in [5, 5.41) is 8.95. The molecule has 1 heterocycles. The number of carbonyl (C=O) groups is 1. The van der Waals surface area contributed by atoms with Crippen LogP contribution in [0.1, 0.15) is 35.4 Å². The van der Waals surface area contributed by atoms with Crippen molar-refractivity contribution in [3.8, 4) is 0 Å². The fourth-order valence-corrected chi connectivity index (χ4v) is 1.98. The summed E-state index contributed by atoms with van der Waals surface area (Å²) in [4.78, 5) is 21.2. The van der Waals surface area contributed by atoms with E-state index in [0.29, 0.717) is 17.6 Å². The molecule has 1 aromatic heterocycles. The Morgan fingerprint density at radius 2 is 2.24 bits per heavy atom. The van der Waals surface area contributed by atoms with Crippen molar-refractivity contribution < 1.29 is 9.90 Å². The van der Waals surface area contributed by atoms with Gasteiger partial charge < -0.3 is 10.0 Å². The average Bonchev–Trinajstić information content (AvgIpc) is 2.22. The van der Waals surface area contributed by atoms with E-state index < -0.39 is 5.97 Å². The number of rotatable bonds is 4. The molecule has 0 aliphatic heterocycles. The molecule has 0 spiro atoms. The van der Waals surface area contributed by atoms with Gasteiger partial charge >= 0.3 is 5.97 Å². The van der Waals surface area contributed by atoms with E-state index in [1.165, 1.54) is 25.3 Å². The lowest BCUT2D eigenvalue weighted by Gasteiger charge is -2.30. The fourth-order valence-electron chi connectivity index (χ4n) is 1.98. The van der Waals surface area contributed by atoms with E-state index in [9.17, 15) is 4.79 Å². The van der Waals surface area contributed by atoms with Crippen LogP contribution < -0.4 is 4.90 Å². The largest absolute Gasteiger partial charge is 0.477 e. The van der Waals surface area contributed by atoms with Crippen LogP contribution in [0.15, 0.2) is 6.07 Å². The zero-order valence-electron chi connectivity index (χ0n) is 10.2. The molecule has 1 saturated carbocycles. The van der Waals surface area contributed by atoms with E-state index in [1.807, 2.05) is 11.9 Å². The first-order chi connectivity index (χ1) is 8.06. The summed E-state index contributed by atoms with van der Waals surface area (Å²) in [6.45, 7) is 2.69. The number of anilines is 1. The molecule has 92 valence electrons. The van der Waals surface area contributed by atoms with Gasteiger partial charge in [0.05, 0.1) is 0 Å². The number of aromatic nitrogens is 2. The first-order valence-electron chi connectivity index (χ1n) is 5.86. The van der Waals surface area contributed by atoms with Gasteiger partial charge in [-0.15, -0.1) is 0 Å². The molecular weight excluding hydrogens is 218 g/mol. The topological polar surface area (TPSA) is 66.3 Å². The van der Waals surface area contributed by atoms with Crippen LogP contribution in [0, 0.1) is 12.8 Å². The third kappa shape index (κ3) is 2.72. The van der Waals surface area contributed by atoms with Crippen molar-refractivity contribution in [2.45, 2.75) is 26.2 Å². The van der Waals surface area contributed by atoms with Crippen LogP contribution in [0.3, 0.4) is 0 Å². The minimum absolute atomic E-state index is 0.0629. The van der Waals surface area contributed by atoms with Crippen molar-refractivity contribution in [1.29, 1.82) is 0 Å². The van der Waals surface area contributed by atoms with Crippen molar-refractivity contribution in [2.75, 3.05) is 18.5 Å². The van der Waals surface area contributed by atoms with Gasteiger partial charge in [-0.05, 0) is 31.7 Å². The number of aryl methyl sites for hydroxylation is 1. The lowest BCUT2D eigenvalue weighted by molar-refractivity contribution is 0.0690. The number of hydrogen-bond acceptors (Lipinski definition) is 4. The molecule has 0 saturated heterocycles. The van der Waals surface area contributed by atoms with Gasteiger partial charge in [-0.1, -0.05) is 6.42 Å². The number of aromatic carboxylic acids is 1. The maximum Gasteiger partial charge on any atom is 0.354 e. The molecular formula is C12H17N3O2. The Morgan fingerprint density at radius 3 is 2.76 bits per heavy atom. The van der Waals surface area contributed by atoms with Gasteiger partial charge in [0, 0.05) is 19.3 Å². The fraction of sp³-hybridized carbons (Fsp3) is 0.583. The third-order valence-electron chi connectivity index (χ3n) is 3.16. The summed E-state index contributed by atoms with van der Waals surface area (Å²) < 4.78 is 0. The predicted octanol–water partition coefficient (Wildman–Crippen LogP) is 1.72. The van der Waals surface area contributed by atoms with E-state index in [4.69, 9.17) is 5.11 Å². The minimum atomic E-state index is -1.01. The Labute approximate surface area is 100 Å². The molecule has 1 N–H and O–H groups in total. The molecule has 0 bridgehead atoms. The highest BCUT2D eigenvalue weighted by molar-refractivity contribution is 5.85. The van der Waals surface area contributed by atoms with E-state index in [2.05, 4.69) is 9.97 Å². The van der Waals surface area contributed by atoms with Gasteiger partial charge in [0.25, 0.3) is 0 Å². The van der Waals surface area contributed by atoms with E-state index in [1.54, 1.807) is 6.92 Å². The highest BCUT2D eigenvalue weighted by atomic mass is 16.4. The standard InChI is InChI=1S/C12H17N3O2/c1-8-6-10(11(16)17)14-12(13-8)15(2)7-9-4-3-5-9/h6,9H,3-5,7H2,1-2H3,(H,16,17). The zero-order valence-corrected chi connectivity index (χ0v) is 10.2. The summed E-state index contributed by atoms with van der Waals surface area (Å²) in [7, 11) is 1.92. The molecule has 1 aliphatic rings. The molecule has 17 heavy (non-hydrogen) atoms. The summed E-state index contributed by atoms with van der Waals surface area (Å²) >= 11 is 0. The number of carboxylic acid groups (broad SMARTS) is 1. The van der Waals surface area contributed by atoms with Gasteiger partial charge in [-0.25, -0.2) is 14.8 Å². The quantitative estimate of drug-likeness (QED) is 0.860. The van der Waals surface area contributed by atoms with Crippen molar-refractivity contribution >= 4 is 11.9 Å². The second-order valence-electron chi connectivity index (χ2n) is 4.68. The third-order valence-corrected chi connectivity index (χ3v) is 3.16. The smallest absolute Gasteiger partial charge is 0.354 e. The van der Waals surface area contributed by atoms with Gasteiger partial charge in [0.2, 0.25) is 5.95 Å². The Bertz CT molecular complexity index is 430. The molecule has 1 aliphatic carbocycles. The SMILES string of the molecule is Cc1cc(C(=O)O)nc(N(C)CC2CCC2)n1. The first kappa shape index (κ1) is 11.8. The van der Waals surface area contributed by atoms with Crippen molar-refractivity contribution in [3.63, 3.8) is 0 Å². The van der Waals surface area contributed by atoms with Crippen molar-refractivity contribution in [2.24, 2.45) is 5.92 Å². The highest BCUT2D eigenvalue weighted by Gasteiger charge is 2.21. The van der Waals surface area contributed by atoms with Crippen LogP contribution in [0.2, 0.25) is 0 Å². The molecule has 2 rings (SSSR count).